The fourth-order valence-corrected chi connectivity index (χ4v) is 3.87. The van der Waals surface area contributed by atoms with E-state index in [-0.39, 0.29) is 5.92 Å². The first-order chi connectivity index (χ1) is 9.30. The minimum absolute atomic E-state index is 0.225. The van der Waals surface area contributed by atoms with Crippen LogP contribution in [0, 0.1) is 25.2 Å². The molecule has 0 radical (unpaired) electrons. The lowest BCUT2D eigenvalue weighted by Crippen LogP contribution is -2.44. The Bertz CT molecular complexity index is 496. The Labute approximate surface area is 124 Å². The van der Waals surface area contributed by atoms with Crippen molar-refractivity contribution in [3.63, 3.8) is 0 Å². The van der Waals surface area contributed by atoms with Gasteiger partial charge in [0.15, 0.2) is 0 Å². The number of aromatic nitrogens is 1. The third-order valence-corrected chi connectivity index (χ3v) is 5.50. The highest BCUT2D eigenvalue weighted by molar-refractivity contribution is 7.11. The molecule has 4 nitrogen and oxygen atoms in total. The second kappa shape index (κ2) is 5.82. The van der Waals surface area contributed by atoms with Crippen LogP contribution in [0.5, 0.6) is 0 Å². The number of hydrogen-bond acceptors (Lipinski definition) is 4. The first-order valence-electron chi connectivity index (χ1n) is 7.19. The van der Waals surface area contributed by atoms with Crippen LogP contribution in [0.3, 0.4) is 0 Å². The van der Waals surface area contributed by atoms with Crippen molar-refractivity contribution in [2.45, 2.75) is 47.1 Å². The molecular weight excluding hydrogens is 272 g/mol. The van der Waals surface area contributed by atoms with Gasteiger partial charge in [0.2, 0.25) is 0 Å². The molecule has 112 valence electrons. The van der Waals surface area contributed by atoms with Crippen molar-refractivity contribution in [3.05, 3.63) is 15.6 Å². The molecule has 0 aliphatic carbocycles. The smallest absolute Gasteiger partial charge is 0.309 e. The number of carboxylic acids is 1. The molecule has 0 aromatic carbocycles. The van der Waals surface area contributed by atoms with E-state index in [0.717, 1.165) is 43.2 Å². The van der Waals surface area contributed by atoms with E-state index < -0.39 is 11.4 Å². The molecular formula is C15H24N2O2S. The van der Waals surface area contributed by atoms with Gasteiger partial charge in [0.25, 0.3) is 0 Å². The lowest BCUT2D eigenvalue weighted by molar-refractivity contribution is -0.151. The quantitative estimate of drug-likeness (QED) is 0.927. The summed E-state index contributed by atoms with van der Waals surface area (Å²) in [7, 11) is 0. The number of carbonyl (C=O) groups is 1. The zero-order chi connectivity index (χ0) is 14.9. The van der Waals surface area contributed by atoms with Crippen molar-refractivity contribution >= 4 is 17.3 Å². The summed E-state index contributed by atoms with van der Waals surface area (Å²) in [5, 5.41) is 10.5. The van der Waals surface area contributed by atoms with Crippen molar-refractivity contribution < 1.29 is 9.90 Å². The highest BCUT2D eigenvalue weighted by Crippen LogP contribution is 2.35. The summed E-state index contributed by atoms with van der Waals surface area (Å²) in [6, 6.07) is 0. The van der Waals surface area contributed by atoms with E-state index in [4.69, 9.17) is 0 Å². The number of nitrogens with zero attached hydrogens (tertiary/aromatic N) is 2. The van der Waals surface area contributed by atoms with Crippen LogP contribution in [0.15, 0.2) is 0 Å². The Hall–Kier alpha value is -0.940. The summed E-state index contributed by atoms with van der Waals surface area (Å²) in [4.78, 5) is 19.6. The van der Waals surface area contributed by atoms with Crippen molar-refractivity contribution in [2.24, 2.45) is 11.3 Å². The molecule has 1 atom stereocenters. The number of likely N-dealkylation sites (tertiary alicyclic amines) is 1. The largest absolute Gasteiger partial charge is 0.481 e. The van der Waals surface area contributed by atoms with E-state index in [2.05, 4.69) is 16.8 Å². The molecule has 1 aromatic rings. The predicted molar refractivity (Wildman–Crippen MR) is 81.0 cm³/mol. The molecule has 5 heteroatoms. The fraction of sp³-hybridized carbons (Fsp3) is 0.733. The number of aliphatic carboxylic acids is 1. The highest BCUT2D eigenvalue weighted by Gasteiger charge is 2.39. The maximum atomic E-state index is 11.4. The summed E-state index contributed by atoms with van der Waals surface area (Å²) in [5.41, 5.74) is 0.476. The maximum Gasteiger partial charge on any atom is 0.309 e. The van der Waals surface area contributed by atoms with E-state index in [1.54, 1.807) is 11.3 Å². The minimum Gasteiger partial charge on any atom is -0.481 e. The Morgan fingerprint density at radius 3 is 2.75 bits per heavy atom. The van der Waals surface area contributed by atoms with Gasteiger partial charge in [-0.2, -0.15) is 0 Å². The van der Waals surface area contributed by atoms with Gasteiger partial charge in [-0.3, -0.25) is 9.69 Å². The lowest BCUT2D eigenvalue weighted by Gasteiger charge is -2.39. The zero-order valence-electron chi connectivity index (χ0n) is 12.8. The molecule has 1 saturated heterocycles. The van der Waals surface area contributed by atoms with Gasteiger partial charge in [-0.15, -0.1) is 11.3 Å². The molecule has 0 spiro atoms. The summed E-state index contributed by atoms with van der Waals surface area (Å²) in [6.07, 6.45) is 2.09. The summed E-state index contributed by atoms with van der Waals surface area (Å²) in [5.74, 6) is -0.461. The van der Waals surface area contributed by atoms with Gasteiger partial charge < -0.3 is 5.11 Å². The molecule has 0 amide bonds. The van der Waals surface area contributed by atoms with Crippen LogP contribution >= 0.6 is 11.3 Å². The third kappa shape index (κ3) is 3.20. The highest BCUT2D eigenvalue weighted by atomic mass is 32.1. The molecule has 1 aliphatic rings. The van der Waals surface area contributed by atoms with E-state index in [9.17, 15) is 9.90 Å². The van der Waals surface area contributed by atoms with E-state index in [1.807, 2.05) is 20.8 Å². The van der Waals surface area contributed by atoms with Crippen LogP contribution in [-0.4, -0.2) is 34.0 Å². The molecule has 1 aromatic heterocycles. The molecule has 1 unspecified atom stereocenters. The molecule has 20 heavy (non-hydrogen) atoms. The van der Waals surface area contributed by atoms with Crippen molar-refractivity contribution in [2.75, 3.05) is 13.1 Å². The monoisotopic (exact) mass is 296 g/mol. The number of thiazole rings is 1. The zero-order valence-corrected chi connectivity index (χ0v) is 13.6. The molecule has 1 fully saturated rings. The van der Waals surface area contributed by atoms with Crippen LogP contribution in [0.2, 0.25) is 0 Å². The van der Waals surface area contributed by atoms with Crippen molar-refractivity contribution in [1.29, 1.82) is 0 Å². The summed E-state index contributed by atoms with van der Waals surface area (Å²) < 4.78 is 0. The first-order valence-corrected chi connectivity index (χ1v) is 8.01. The van der Waals surface area contributed by atoms with Crippen molar-refractivity contribution in [3.8, 4) is 0 Å². The number of carboxylic acid groups (broad SMARTS) is 1. The Morgan fingerprint density at radius 1 is 1.50 bits per heavy atom. The third-order valence-electron chi connectivity index (χ3n) is 4.44. The topological polar surface area (TPSA) is 53.4 Å². The second-order valence-corrected chi connectivity index (χ2v) is 7.63. The minimum atomic E-state index is -0.686. The average molecular weight is 296 g/mol. The summed E-state index contributed by atoms with van der Waals surface area (Å²) in [6.45, 7) is 10.6. The van der Waals surface area contributed by atoms with Crippen LogP contribution in [0.1, 0.15) is 42.3 Å². The number of aryl methyl sites for hydroxylation is 2. The molecule has 1 N–H and O–H groups in total. The fourth-order valence-electron chi connectivity index (χ4n) is 2.89. The second-order valence-electron chi connectivity index (χ2n) is 6.34. The number of hydrogen-bond donors (Lipinski definition) is 1. The van der Waals surface area contributed by atoms with Crippen molar-refractivity contribution in [1.82, 2.24) is 9.88 Å². The van der Waals surface area contributed by atoms with Gasteiger partial charge in [-0.05, 0) is 53.0 Å². The Balaban J connectivity index is 2.04. The van der Waals surface area contributed by atoms with Crippen LogP contribution in [0.4, 0.5) is 0 Å². The number of piperidine rings is 1. The molecule has 0 saturated carbocycles. The van der Waals surface area contributed by atoms with E-state index >= 15 is 0 Å². The van der Waals surface area contributed by atoms with Crippen LogP contribution in [0.25, 0.3) is 0 Å². The van der Waals surface area contributed by atoms with Gasteiger partial charge in [-0.1, -0.05) is 0 Å². The predicted octanol–water partition coefficient (Wildman–Crippen LogP) is 3.08. The van der Waals surface area contributed by atoms with Gasteiger partial charge >= 0.3 is 5.97 Å². The lowest BCUT2D eigenvalue weighted by atomic mass is 9.74. The Morgan fingerprint density at radius 2 is 2.20 bits per heavy atom. The Kier molecular flexibility index (Phi) is 4.49. The van der Waals surface area contributed by atoms with Gasteiger partial charge in [0, 0.05) is 18.0 Å². The molecule has 1 aliphatic heterocycles. The SMILES string of the molecule is Cc1nc(C)c(CN2CCCC(C(C)(C)C(=O)O)C2)s1. The average Bonchev–Trinajstić information content (AvgIpc) is 2.68. The van der Waals surface area contributed by atoms with E-state index in [1.165, 1.54) is 4.88 Å². The summed E-state index contributed by atoms with van der Waals surface area (Å²) >= 11 is 1.75. The maximum absolute atomic E-state index is 11.4. The van der Waals surface area contributed by atoms with Gasteiger partial charge in [0.05, 0.1) is 16.1 Å². The molecule has 2 rings (SSSR count). The molecule has 2 heterocycles. The number of rotatable bonds is 4. The van der Waals surface area contributed by atoms with Crippen LogP contribution < -0.4 is 0 Å². The molecule has 0 bridgehead atoms. The van der Waals surface area contributed by atoms with Gasteiger partial charge in [0.1, 0.15) is 0 Å². The normalized spacial score (nSPS) is 21.1. The van der Waals surface area contributed by atoms with Crippen LogP contribution in [-0.2, 0) is 11.3 Å². The van der Waals surface area contributed by atoms with Gasteiger partial charge in [-0.25, -0.2) is 4.98 Å². The first kappa shape index (κ1) is 15.4. The van der Waals surface area contributed by atoms with E-state index in [0.29, 0.717) is 0 Å². The standard InChI is InChI=1S/C15H24N2O2S/c1-10-13(20-11(2)16-10)9-17-7-5-6-12(8-17)15(3,4)14(18)19/h12H,5-9H2,1-4H3,(H,18,19).